The van der Waals surface area contributed by atoms with Gasteiger partial charge in [-0.3, -0.25) is 0 Å². The molecule has 3 aromatic rings. The van der Waals surface area contributed by atoms with Crippen LogP contribution in [0.1, 0.15) is 36.8 Å². The largest absolute Gasteiger partial charge is 0.378 e. The van der Waals surface area contributed by atoms with Crippen molar-refractivity contribution in [2.45, 2.75) is 39.3 Å². The molecule has 1 heterocycles. The number of methoxy groups -OCH3 is 1. The van der Waals surface area contributed by atoms with Crippen LogP contribution >= 0.6 is 11.6 Å². The first-order valence-corrected chi connectivity index (χ1v) is 10.0. The summed E-state index contributed by atoms with van der Waals surface area (Å²) >= 11 is 6.37. The van der Waals surface area contributed by atoms with E-state index in [2.05, 4.69) is 38.6 Å². The summed E-state index contributed by atoms with van der Waals surface area (Å²) in [4.78, 5) is 7.48. The van der Waals surface area contributed by atoms with Gasteiger partial charge in [-0.15, -0.1) is 0 Å². The highest BCUT2D eigenvalue weighted by atomic mass is 35.5. The number of halogens is 1. The molecular weight excluding hydrogens is 386 g/mol. The summed E-state index contributed by atoms with van der Waals surface area (Å²) < 4.78 is 7.49. The topological polar surface area (TPSA) is 75.8 Å². The maximum Gasteiger partial charge on any atom is 0.153 e. The van der Waals surface area contributed by atoms with E-state index in [0.717, 1.165) is 47.5 Å². The van der Waals surface area contributed by atoms with Crippen molar-refractivity contribution in [3.05, 3.63) is 81.2 Å². The van der Waals surface area contributed by atoms with Crippen LogP contribution in [0.25, 0.3) is 21.6 Å². The summed E-state index contributed by atoms with van der Waals surface area (Å²) in [5.41, 5.74) is 13.4. The molecule has 0 aliphatic carbocycles. The van der Waals surface area contributed by atoms with E-state index in [1.165, 1.54) is 0 Å². The van der Waals surface area contributed by atoms with Crippen LogP contribution in [-0.4, -0.2) is 16.7 Å². The minimum atomic E-state index is 0.426. The number of nitrogens with zero attached hydrogens (tertiary/aromatic N) is 5. The van der Waals surface area contributed by atoms with Crippen molar-refractivity contribution in [3.8, 4) is 11.1 Å². The van der Waals surface area contributed by atoms with Crippen LogP contribution in [0.15, 0.2) is 53.6 Å². The first-order valence-electron chi connectivity index (χ1n) is 9.64. The minimum Gasteiger partial charge on any atom is -0.378 e. The van der Waals surface area contributed by atoms with Gasteiger partial charge in [0.15, 0.2) is 5.15 Å². The number of unbranched alkanes of at least 4 members (excludes halogenated alkanes) is 1. The average Bonchev–Trinajstić information content (AvgIpc) is 3.03. The van der Waals surface area contributed by atoms with Crippen molar-refractivity contribution in [2.24, 2.45) is 5.11 Å². The third kappa shape index (κ3) is 4.98. The van der Waals surface area contributed by atoms with Gasteiger partial charge < -0.3 is 9.30 Å². The van der Waals surface area contributed by atoms with Gasteiger partial charge in [-0.05, 0) is 28.6 Å². The van der Waals surface area contributed by atoms with Crippen molar-refractivity contribution < 1.29 is 4.74 Å². The third-order valence-corrected chi connectivity index (χ3v) is 5.10. The predicted molar refractivity (Wildman–Crippen MR) is 116 cm³/mol. The smallest absolute Gasteiger partial charge is 0.153 e. The molecule has 0 atom stereocenters. The molecule has 6 nitrogen and oxygen atoms in total. The van der Waals surface area contributed by atoms with E-state index in [4.69, 9.17) is 21.9 Å². The van der Waals surface area contributed by atoms with Gasteiger partial charge >= 0.3 is 0 Å². The van der Waals surface area contributed by atoms with Gasteiger partial charge in [0, 0.05) is 30.7 Å². The number of imidazole rings is 1. The number of aryl methyl sites for hydroxylation is 1. The second-order valence-electron chi connectivity index (χ2n) is 6.79. The fourth-order valence-corrected chi connectivity index (χ4v) is 3.57. The second-order valence-corrected chi connectivity index (χ2v) is 7.15. The summed E-state index contributed by atoms with van der Waals surface area (Å²) in [5.74, 6) is 0.988. The number of azide groups is 1. The van der Waals surface area contributed by atoms with Crippen molar-refractivity contribution in [3.63, 3.8) is 0 Å². The van der Waals surface area contributed by atoms with Gasteiger partial charge in [0.25, 0.3) is 0 Å². The number of ether oxygens (including phenoxy) is 1. The van der Waals surface area contributed by atoms with E-state index < -0.39 is 0 Å². The Kier molecular flexibility index (Phi) is 7.30. The summed E-state index contributed by atoms with van der Waals surface area (Å²) in [6.07, 6.45) is 3.05. The number of hydrogen-bond donors (Lipinski definition) is 0. The maximum absolute atomic E-state index is 8.79. The van der Waals surface area contributed by atoms with Crippen LogP contribution in [-0.2, 0) is 24.3 Å². The lowest BCUT2D eigenvalue weighted by Crippen LogP contribution is -2.09. The molecule has 0 fully saturated rings. The fraction of sp³-hybridized carbons (Fsp3) is 0.318. The molecule has 0 bridgehead atoms. The Morgan fingerprint density at radius 2 is 1.93 bits per heavy atom. The molecular formula is C22H24ClN5O. The van der Waals surface area contributed by atoms with Crippen LogP contribution in [0, 0.1) is 0 Å². The second kappa shape index (κ2) is 10.1. The highest BCUT2D eigenvalue weighted by Gasteiger charge is 2.16. The molecule has 0 unspecified atom stereocenters. The number of rotatable bonds is 9. The SMILES string of the molecule is CCCCc1nc(Cl)c(COC)n1Cc1ccc(-c2ccccc2N=[N+]=[N-])cc1. The van der Waals surface area contributed by atoms with Gasteiger partial charge in [0.05, 0.1) is 12.3 Å². The van der Waals surface area contributed by atoms with E-state index >= 15 is 0 Å². The molecule has 0 saturated heterocycles. The van der Waals surface area contributed by atoms with Crippen LogP contribution in [0.3, 0.4) is 0 Å². The zero-order chi connectivity index (χ0) is 20.6. The summed E-state index contributed by atoms with van der Waals surface area (Å²) in [7, 11) is 1.66. The monoisotopic (exact) mass is 409 g/mol. The van der Waals surface area contributed by atoms with Gasteiger partial charge in [0.2, 0.25) is 0 Å². The zero-order valence-corrected chi connectivity index (χ0v) is 17.4. The van der Waals surface area contributed by atoms with Gasteiger partial charge in [-0.1, -0.05) is 78.6 Å². The van der Waals surface area contributed by atoms with E-state index in [1.807, 2.05) is 36.4 Å². The van der Waals surface area contributed by atoms with Crippen molar-refractivity contribution >= 4 is 17.3 Å². The van der Waals surface area contributed by atoms with Crippen LogP contribution in [0.5, 0.6) is 0 Å². The molecule has 0 radical (unpaired) electrons. The number of hydrogen-bond acceptors (Lipinski definition) is 3. The van der Waals surface area contributed by atoms with E-state index in [0.29, 0.717) is 24.0 Å². The third-order valence-electron chi connectivity index (χ3n) is 4.80. The van der Waals surface area contributed by atoms with Gasteiger partial charge in [0.1, 0.15) is 5.82 Å². The molecule has 3 rings (SSSR count). The Bertz CT molecular complexity index is 1010. The average molecular weight is 410 g/mol. The molecule has 0 aliphatic heterocycles. The maximum atomic E-state index is 8.79. The van der Waals surface area contributed by atoms with Gasteiger partial charge in [-0.2, -0.15) is 0 Å². The molecule has 1 aromatic heterocycles. The lowest BCUT2D eigenvalue weighted by Gasteiger charge is -2.13. The lowest BCUT2D eigenvalue weighted by atomic mass is 10.0. The van der Waals surface area contributed by atoms with E-state index in [9.17, 15) is 0 Å². The predicted octanol–water partition coefficient (Wildman–Crippen LogP) is 6.68. The summed E-state index contributed by atoms with van der Waals surface area (Å²) in [6.45, 7) is 3.27. The molecule has 0 amide bonds. The normalized spacial score (nSPS) is 10.7. The van der Waals surface area contributed by atoms with Crippen molar-refractivity contribution in [1.82, 2.24) is 9.55 Å². The molecule has 0 saturated carbocycles. The Labute approximate surface area is 175 Å². The molecule has 0 N–H and O–H groups in total. The molecule has 150 valence electrons. The molecule has 7 heteroatoms. The zero-order valence-electron chi connectivity index (χ0n) is 16.7. The number of aromatic nitrogens is 2. The fourth-order valence-electron chi connectivity index (χ4n) is 3.32. The highest BCUT2D eigenvalue weighted by Crippen LogP contribution is 2.30. The summed E-state index contributed by atoms with van der Waals surface area (Å²) in [5, 5.41) is 4.30. The number of benzene rings is 2. The molecule has 0 aliphatic rings. The van der Waals surface area contributed by atoms with Crippen molar-refractivity contribution in [2.75, 3.05) is 7.11 Å². The van der Waals surface area contributed by atoms with Crippen LogP contribution < -0.4 is 0 Å². The van der Waals surface area contributed by atoms with Crippen LogP contribution in [0.2, 0.25) is 5.15 Å². The first-order chi connectivity index (χ1) is 14.2. The lowest BCUT2D eigenvalue weighted by molar-refractivity contribution is 0.178. The first kappa shape index (κ1) is 20.9. The highest BCUT2D eigenvalue weighted by molar-refractivity contribution is 6.30. The Balaban J connectivity index is 1.89. The summed E-state index contributed by atoms with van der Waals surface area (Å²) in [6, 6.07) is 15.8. The Morgan fingerprint density at radius 1 is 1.17 bits per heavy atom. The molecule has 29 heavy (non-hydrogen) atoms. The minimum absolute atomic E-state index is 0.426. The van der Waals surface area contributed by atoms with E-state index in [-0.39, 0.29) is 0 Å². The standard InChI is InChI=1S/C22H24ClN5O/c1-3-4-9-21-25-22(23)20(15-29-2)28(21)14-16-10-12-17(13-11-16)18-7-5-6-8-19(18)26-27-24/h5-8,10-13H,3-4,9,14-15H2,1-2H3. The van der Waals surface area contributed by atoms with Gasteiger partial charge in [-0.25, -0.2) is 4.98 Å². The quantitative estimate of drug-likeness (QED) is 0.224. The van der Waals surface area contributed by atoms with Crippen LogP contribution in [0.4, 0.5) is 5.69 Å². The molecule has 2 aromatic carbocycles. The Morgan fingerprint density at radius 3 is 2.62 bits per heavy atom. The Hall–Kier alpha value is -2.79. The van der Waals surface area contributed by atoms with Crippen molar-refractivity contribution in [1.29, 1.82) is 0 Å². The van der Waals surface area contributed by atoms with E-state index in [1.54, 1.807) is 7.11 Å². The molecule has 0 spiro atoms.